The Bertz CT molecular complexity index is 299. The molecule has 1 aromatic carbocycles. The average molecular weight is 225 g/mol. The number of benzene rings is 1. The first-order valence-corrected chi connectivity index (χ1v) is 5.60. The molecule has 16 heavy (non-hydrogen) atoms. The van der Waals surface area contributed by atoms with Crippen LogP contribution < -0.4 is 5.73 Å². The number of nitrogens with two attached hydrogens (primary N) is 1. The Balaban J connectivity index is 2.39. The summed E-state index contributed by atoms with van der Waals surface area (Å²) in [6, 6.07) is 6.63. The lowest BCUT2D eigenvalue weighted by atomic mass is 9.97. The van der Waals surface area contributed by atoms with Crippen LogP contribution in [0.15, 0.2) is 24.3 Å². The highest BCUT2D eigenvalue weighted by Gasteiger charge is 2.09. The molecule has 0 aliphatic carbocycles. The standard InChI is InChI=1S/C13H20FNO/c1-10(9-16-2)7-13(15)8-11-3-5-12(14)6-4-11/h3-6,10,13H,7-9,15H2,1-2H3. The molecule has 0 bridgehead atoms. The Labute approximate surface area is 96.6 Å². The van der Waals surface area contributed by atoms with E-state index in [1.54, 1.807) is 19.2 Å². The van der Waals surface area contributed by atoms with E-state index in [9.17, 15) is 4.39 Å². The van der Waals surface area contributed by atoms with Crippen LogP contribution in [0.25, 0.3) is 0 Å². The quantitative estimate of drug-likeness (QED) is 0.806. The van der Waals surface area contributed by atoms with Crippen LogP contribution in [0.3, 0.4) is 0 Å². The molecule has 0 aliphatic rings. The van der Waals surface area contributed by atoms with Crippen molar-refractivity contribution >= 4 is 0 Å². The number of hydrogen-bond acceptors (Lipinski definition) is 2. The largest absolute Gasteiger partial charge is 0.384 e. The average Bonchev–Trinajstić information content (AvgIpc) is 2.21. The molecule has 0 radical (unpaired) electrons. The van der Waals surface area contributed by atoms with Gasteiger partial charge in [0.25, 0.3) is 0 Å². The molecule has 0 saturated carbocycles. The highest BCUT2D eigenvalue weighted by atomic mass is 19.1. The van der Waals surface area contributed by atoms with Gasteiger partial charge in [-0.25, -0.2) is 4.39 Å². The fourth-order valence-corrected chi connectivity index (χ4v) is 1.88. The first-order chi connectivity index (χ1) is 7.61. The van der Waals surface area contributed by atoms with Gasteiger partial charge in [0.15, 0.2) is 0 Å². The Hall–Kier alpha value is -0.930. The fraction of sp³-hybridized carbons (Fsp3) is 0.538. The smallest absolute Gasteiger partial charge is 0.123 e. The van der Waals surface area contributed by atoms with Gasteiger partial charge in [-0.05, 0) is 36.5 Å². The summed E-state index contributed by atoms with van der Waals surface area (Å²) in [5, 5.41) is 0. The van der Waals surface area contributed by atoms with Crippen molar-refractivity contribution in [3.05, 3.63) is 35.6 Å². The van der Waals surface area contributed by atoms with Crippen molar-refractivity contribution in [2.75, 3.05) is 13.7 Å². The number of halogens is 1. The summed E-state index contributed by atoms with van der Waals surface area (Å²) in [7, 11) is 1.70. The van der Waals surface area contributed by atoms with Crippen molar-refractivity contribution in [2.24, 2.45) is 11.7 Å². The first kappa shape index (κ1) is 13.1. The summed E-state index contributed by atoms with van der Waals surface area (Å²) in [6.45, 7) is 2.85. The van der Waals surface area contributed by atoms with E-state index in [0.717, 1.165) is 25.0 Å². The second-order valence-electron chi connectivity index (χ2n) is 4.39. The Morgan fingerprint density at radius 2 is 1.94 bits per heavy atom. The summed E-state index contributed by atoms with van der Waals surface area (Å²) >= 11 is 0. The van der Waals surface area contributed by atoms with Gasteiger partial charge in [-0.3, -0.25) is 0 Å². The zero-order valence-corrected chi connectivity index (χ0v) is 9.95. The second kappa shape index (κ2) is 6.61. The van der Waals surface area contributed by atoms with E-state index >= 15 is 0 Å². The third kappa shape index (κ3) is 4.73. The summed E-state index contributed by atoms with van der Waals surface area (Å²) in [4.78, 5) is 0. The molecule has 3 heteroatoms. The van der Waals surface area contributed by atoms with Gasteiger partial charge in [0, 0.05) is 19.8 Å². The van der Waals surface area contributed by atoms with Gasteiger partial charge >= 0.3 is 0 Å². The van der Waals surface area contributed by atoms with Gasteiger partial charge in [-0.1, -0.05) is 19.1 Å². The molecular formula is C13H20FNO. The zero-order chi connectivity index (χ0) is 12.0. The van der Waals surface area contributed by atoms with Gasteiger partial charge in [0.1, 0.15) is 5.82 Å². The van der Waals surface area contributed by atoms with Gasteiger partial charge in [-0.15, -0.1) is 0 Å². The first-order valence-electron chi connectivity index (χ1n) is 5.60. The van der Waals surface area contributed by atoms with Crippen LogP contribution >= 0.6 is 0 Å². The molecule has 0 aromatic heterocycles. The molecule has 2 N–H and O–H groups in total. The Kier molecular flexibility index (Phi) is 5.43. The van der Waals surface area contributed by atoms with Crippen molar-refractivity contribution in [3.63, 3.8) is 0 Å². The lowest BCUT2D eigenvalue weighted by Gasteiger charge is -2.16. The van der Waals surface area contributed by atoms with E-state index in [1.165, 1.54) is 12.1 Å². The number of hydrogen-bond donors (Lipinski definition) is 1. The van der Waals surface area contributed by atoms with Crippen molar-refractivity contribution < 1.29 is 9.13 Å². The molecule has 1 aromatic rings. The van der Waals surface area contributed by atoms with Crippen LogP contribution in [-0.2, 0) is 11.2 Å². The summed E-state index contributed by atoms with van der Waals surface area (Å²) < 4.78 is 17.8. The Morgan fingerprint density at radius 3 is 2.50 bits per heavy atom. The van der Waals surface area contributed by atoms with Crippen molar-refractivity contribution in [2.45, 2.75) is 25.8 Å². The van der Waals surface area contributed by atoms with E-state index in [1.807, 2.05) is 0 Å². The number of rotatable bonds is 6. The molecule has 2 nitrogen and oxygen atoms in total. The minimum absolute atomic E-state index is 0.107. The van der Waals surface area contributed by atoms with Crippen LogP contribution in [-0.4, -0.2) is 19.8 Å². The minimum atomic E-state index is -0.204. The van der Waals surface area contributed by atoms with E-state index in [2.05, 4.69) is 6.92 Å². The molecule has 0 aliphatic heterocycles. The van der Waals surface area contributed by atoms with Gasteiger partial charge in [-0.2, -0.15) is 0 Å². The molecule has 0 saturated heterocycles. The normalized spacial score (nSPS) is 14.8. The summed E-state index contributed by atoms with van der Waals surface area (Å²) in [5.41, 5.74) is 7.11. The van der Waals surface area contributed by atoms with Crippen molar-refractivity contribution in [1.29, 1.82) is 0 Å². The predicted octanol–water partition coefficient (Wildman–Crippen LogP) is 2.37. The molecule has 0 heterocycles. The molecule has 0 fully saturated rings. The molecule has 2 unspecified atom stereocenters. The van der Waals surface area contributed by atoms with Crippen LogP contribution in [0, 0.1) is 11.7 Å². The lowest BCUT2D eigenvalue weighted by molar-refractivity contribution is 0.152. The Morgan fingerprint density at radius 1 is 1.31 bits per heavy atom. The monoisotopic (exact) mass is 225 g/mol. The minimum Gasteiger partial charge on any atom is -0.384 e. The van der Waals surface area contributed by atoms with Crippen molar-refractivity contribution in [3.8, 4) is 0 Å². The van der Waals surface area contributed by atoms with E-state index in [-0.39, 0.29) is 11.9 Å². The number of ether oxygens (including phenoxy) is 1. The maximum absolute atomic E-state index is 12.7. The number of methoxy groups -OCH3 is 1. The highest BCUT2D eigenvalue weighted by Crippen LogP contribution is 2.11. The maximum Gasteiger partial charge on any atom is 0.123 e. The summed E-state index contributed by atoms with van der Waals surface area (Å²) in [6.07, 6.45) is 1.71. The maximum atomic E-state index is 12.7. The van der Waals surface area contributed by atoms with E-state index < -0.39 is 0 Å². The SMILES string of the molecule is COCC(C)CC(N)Cc1ccc(F)cc1. The van der Waals surface area contributed by atoms with Crippen LogP contribution in [0.2, 0.25) is 0 Å². The lowest BCUT2D eigenvalue weighted by Crippen LogP contribution is -2.26. The van der Waals surface area contributed by atoms with Gasteiger partial charge in [0.05, 0.1) is 0 Å². The summed E-state index contributed by atoms with van der Waals surface area (Å²) in [5.74, 6) is 0.255. The fourth-order valence-electron chi connectivity index (χ4n) is 1.88. The third-order valence-electron chi connectivity index (χ3n) is 2.57. The predicted molar refractivity (Wildman–Crippen MR) is 63.7 cm³/mol. The van der Waals surface area contributed by atoms with Crippen molar-refractivity contribution in [1.82, 2.24) is 0 Å². The second-order valence-corrected chi connectivity index (χ2v) is 4.39. The molecule has 90 valence electrons. The molecule has 0 spiro atoms. The highest BCUT2D eigenvalue weighted by molar-refractivity contribution is 5.17. The van der Waals surface area contributed by atoms with E-state index in [4.69, 9.17) is 10.5 Å². The van der Waals surface area contributed by atoms with Gasteiger partial charge in [0.2, 0.25) is 0 Å². The van der Waals surface area contributed by atoms with E-state index in [0.29, 0.717) is 5.92 Å². The molecule has 0 amide bonds. The zero-order valence-electron chi connectivity index (χ0n) is 9.95. The molecular weight excluding hydrogens is 205 g/mol. The third-order valence-corrected chi connectivity index (χ3v) is 2.57. The van der Waals surface area contributed by atoms with Crippen LogP contribution in [0.4, 0.5) is 4.39 Å². The molecule has 2 atom stereocenters. The van der Waals surface area contributed by atoms with Crippen LogP contribution in [0.5, 0.6) is 0 Å². The van der Waals surface area contributed by atoms with Crippen LogP contribution in [0.1, 0.15) is 18.9 Å². The topological polar surface area (TPSA) is 35.2 Å². The molecule has 1 rings (SSSR count). The van der Waals surface area contributed by atoms with Gasteiger partial charge < -0.3 is 10.5 Å².